The van der Waals surface area contributed by atoms with E-state index >= 15 is 0 Å². The summed E-state index contributed by atoms with van der Waals surface area (Å²) in [4.78, 5) is 0. The molecule has 0 saturated heterocycles. The highest BCUT2D eigenvalue weighted by Gasteiger charge is 2.30. The molecule has 0 radical (unpaired) electrons. The van der Waals surface area contributed by atoms with Crippen LogP contribution in [0.4, 0.5) is 13.2 Å². The van der Waals surface area contributed by atoms with Crippen LogP contribution in [0.3, 0.4) is 0 Å². The summed E-state index contributed by atoms with van der Waals surface area (Å²) in [7, 11) is 1.80. The standard InChI is InChI=1S/C14H17F3N4/c1-9-7-13(21(2)20-9)12(19-18)8-10-3-5-11(6-4-10)14(15,16)17/h3-7,12,19H,8,18H2,1-2H3. The van der Waals surface area contributed by atoms with Crippen molar-refractivity contribution in [3.8, 4) is 0 Å². The third-order valence-electron chi connectivity index (χ3n) is 3.32. The molecule has 1 aromatic heterocycles. The van der Waals surface area contributed by atoms with Crippen molar-refractivity contribution in [3.05, 3.63) is 52.8 Å². The number of halogens is 3. The van der Waals surface area contributed by atoms with Crippen LogP contribution in [-0.2, 0) is 19.6 Å². The van der Waals surface area contributed by atoms with Gasteiger partial charge in [0, 0.05) is 7.05 Å². The van der Waals surface area contributed by atoms with Gasteiger partial charge in [-0.15, -0.1) is 0 Å². The predicted molar refractivity (Wildman–Crippen MR) is 73.2 cm³/mol. The number of hydrogen-bond acceptors (Lipinski definition) is 3. The first-order valence-corrected chi connectivity index (χ1v) is 6.44. The Hall–Kier alpha value is -1.86. The van der Waals surface area contributed by atoms with Crippen molar-refractivity contribution in [2.45, 2.75) is 25.6 Å². The number of rotatable bonds is 4. The van der Waals surface area contributed by atoms with Crippen molar-refractivity contribution in [2.75, 3.05) is 0 Å². The first-order chi connectivity index (χ1) is 9.81. The van der Waals surface area contributed by atoms with Crippen molar-refractivity contribution in [1.82, 2.24) is 15.2 Å². The van der Waals surface area contributed by atoms with E-state index in [1.807, 2.05) is 13.0 Å². The minimum absolute atomic E-state index is 0.215. The number of nitrogens with one attached hydrogen (secondary N) is 1. The van der Waals surface area contributed by atoms with E-state index in [1.165, 1.54) is 12.1 Å². The highest BCUT2D eigenvalue weighted by atomic mass is 19.4. The summed E-state index contributed by atoms with van der Waals surface area (Å²) in [5.41, 5.74) is 4.54. The Morgan fingerprint density at radius 3 is 2.33 bits per heavy atom. The van der Waals surface area contributed by atoms with Gasteiger partial charge in [0.25, 0.3) is 0 Å². The van der Waals surface area contributed by atoms with Crippen LogP contribution in [0.1, 0.15) is 28.6 Å². The summed E-state index contributed by atoms with van der Waals surface area (Å²) < 4.78 is 39.3. The van der Waals surface area contributed by atoms with Gasteiger partial charge in [-0.05, 0) is 37.1 Å². The quantitative estimate of drug-likeness (QED) is 0.673. The van der Waals surface area contributed by atoms with Crippen molar-refractivity contribution in [1.29, 1.82) is 0 Å². The molecule has 1 aromatic carbocycles. The zero-order valence-electron chi connectivity index (χ0n) is 11.8. The van der Waals surface area contributed by atoms with Crippen LogP contribution >= 0.6 is 0 Å². The molecule has 1 atom stereocenters. The molecule has 2 rings (SSSR count). The van der Waals surface area contributed by atoms with Crippen LogP contribution in [0.15, 0.2) is 30.3 Å². The molecule has 3 N–H and O–H groups in total. The fourth-order valence-corrected chi connectivity index (χ4v) is 2.27. The molecule has 1 heterocycles. The average molecular weight is 298 g/mol. The van der Waals surface area contributed by atoms with E-state index in [0.717, 1.165) is 29.1 Å². The van der Waals surface area contributed by atoms with Crippen molar-refractivity contribution in [3.63, 3.8) is 0 Å². The molecule has 4 nitrogen and oxygen atoms in total. The number of nitrogens with zero attached hydrogens (tertiary/aromatic N) is 2. The number of hydrogen-bond donors (Lipinski definition) is 2. The number of benzene rings is 1. The lowest BCUT2D eigenvalue weighted by molar-refractivity contribution is -0.137. The lowest BCUT2D eigenvalue weighted by Crippen LogP contribution is -2.31. The van der Waals surface area contributed by atoms with Gasteiger partial charge in [-0.1, -0.05) is 12.1 Å². The average Bonchev–Trinajstić information content (AvgIpc) is 2.74. The van der Waals surface area contributed by atoms with Crippen LogP contribution in [0.25, 0.3) is 0 Å². The van der Waals surface area contributed by atoms with Gasteiger partial charge in [-0.2, -0.15) is 18.3 Å². The van der Waals surface area contributed by atoms with Gasteiger partial charge in [0.1, 0.15) is 0 Å². The first-order valence-electron chi connectivity index (χ1n) is 6.44. The van der Waals surface area contributed by atoms with Crippen molar-refractivity contribution >= 4 is 0 Å². The molecule has 0 aliphatic heterocycles. The topological polar surface area (TPSA) is 55.9 Å². The highest BCUT2D eigenvalue weighted by molar-refractivity contribution is 5.26. The zero-order valence-corrected chi connectivity index (χ0v) is 11.8. The van der Waals surface area contributed by atoms with Crippen LogP contribution in [0, 0.1) is 6.92 Å². The Labute approximate surface area is 120 Å². The van der Waals surface area contributed by atoms with Gasteiger partial charge in [0.15, 0.2) is 0 Å². The first kappa shape index (κ1) is 15.5. The third kappa shape index (κ3) is 3.62. The second kappa shape index (κ2) is 5.87. The van der Waals surface area contributed by atoms with Crippen LogP contribution in [0.5, 0.6) is 0 Å². The number of hydrazine groups is 1. The minimum atomic E-state index is -4.32. The summed E-state index contributed by atoms with van der Waals surface area (Å²) >= 11 is 0. The molecule has 7 heteroatoms. The van der Waals surface area contributed by atoms with Crippen LogP contribution < -0.4 is 11.3 Å². The van der Waals surface area contributed by atoms with E-state index in [0.29, 0.717) is 6.42 Å². The van der Waals surface area contributed by atoms with Gasteiger partial charge in [-0.25, -0.2) is 0 Å². The fraction of sp³-hybridized carbons (Fsp3) is 0.357. The fourth-order valence-electron chi connectivity index (χ4n) is 2.27. The van der Waals surface area contributed by atoms with Gasteiger partial charge in [0.2, 0.25) is 0 Å². The number of alkyl halides is 3. The van der Waals surface area contributed by atoms with E-state index in [-0.39, 0.29) is 6.04 Å². The molecule has 1 unspecified atom stereocenters. The maximum absolute atomic E-state index is 12.5. The smallest absolute Gasteiger partial charge is 0.271 e. The van der Waals surface area contributed by atoms with Gasteiger partial charge >= 0.3 is 6.18 Å². The summed E-state index contributed by atoms with van der Waals surface area (Å²) in [6.07, 6.45) is -3.84. The van der Waals surface area contributed by atoms with E-state index in [4.69, 9.17) is 5.84 Å². The molecule has 114 valence electrons. The van der Waals surface area contributed by atoms with Crippen LogP contribution in [-0.4, -0.2) is 9.78 Å². The lowest BCUT2D eigenvalue weighted by Gasteiger charge is -2.16. The predicted octanol–water partition coefficient (Wildman–Crippen LogP) is 2.49. The molecule has 0 bridgehead atoms. The third-order valence-corrected chi connectivity index (χ3v) is 3.32. The van der Waals surface area contributed by atoms with E-state index in [1.54, 1.807) is 11.7 Å². The Bertz CT molecular complexity index is 602. The monoisotopic (exact) mass is 298 g/mol. The second-order valence-corrected chi connectivity index (χ2v) is 4.95. The molecule has 2 aromatic rings. The Balaban J connectivity index is 2.17. The zero-order chi connectivity index (χ0) is 15.6. The van der Waals surface area contributed by atoms with Gasteiger partial charge in [0.05, 0.1) is 23.0 Å². The van der Waals surface area contributed by atoms with E-state index < -0.39 is 11.7 Å². The molecule has 0 saturated carbocycles. The number of aromatic nitrogens is 2. The van der Waals surface area contributed by atoms with E-state index in [2.05, 4.69) is 10.5 Å². The van der Waals surface area contributed by atoms with E-state index in [9.17, 15) is 13.2 Å². The maximum atomic E-state index is 12.5. The summed E-state index contributed by atoms with van der Waals surface area (Å²) in [5, 5.41) is 4.24. The number of nitrogens with two attached hydrogens (primary N) is 1. The van der Waals surface area contributed by atoms with Gasteiger partial charge < -0.3 is 0 Å². The summed E-state index contributed by atoms with van der Waals surface area (Å²) in [6.45, 7) is 1.87. The molecule has 0 aliphatic rings. The normalized spacial score (nSPS) is 13.4. The molecule has 0 amide bonds. The molecule has 0 fully saturated rings. The largest absolute Gasteiger partial charge is 0.416 e. The summed E-state index contributed by atoms with van der Waals surface area (Å²) in [5.74, 6) is 5.56. The van der Waals surface area contributed by atoms with Gasteiger partial charge in [-0.3, -0.25) is 16.0 Å². The highest BCUT2D eigenvalue weighted by Crippen LogP contribution is 2.29. The van der Waals surface area contributed by atoms with Crippen molar-refractivity contribution in [2.24, 2.45) is 12.9 Å². The Morgan fingerprint density at radius 1 is 1.29 bits per heavy atom. The molecule has 21 heavy (non-hydrogen) atoms. The Kier molecular flexibility index (Phi) is 4.34. The molecule has 0 aliphatic carbocycles. The minimum Gasteiger partial charge on any atom is -0.271 e. The maximum Gasteiger partial charge on any atom is 0.416 e. The SMILES string of the molecule is Cc1cc(C(Cc2ccc(C(F)(F)F)cc2)NN)n(C)n1. The molecular formula is C14H17F3N4. The molecular weight excluding hydrogens is 281 g/mol. The number of aryl methyl sites for hydroxylation is 2. The van der Waals surface area contributed by atoms with Crippen molar-refractivity contribution < 1.29 is 13.2 Å². The Morgan fingerprint density at radius 2 is 1.90 bits per heavy atom. The lowest BCUT2D eigenvalue weighted by atomic mass is 10.0. The second-order valence-electron chi connectivity index (χ2n) is 4.95. The van der Waals surface area contributed by atoms with Crippen LogP contribution in [0.2, 0.25) is 0 Å². The molecule has 0 spiro atoms. The summed E-state index contributed by atoms with van der Waals surface area (Å²) in [6, 6.07) is 6.78.